The number of aliphatic hydroxyl groups excluding tert-OH is 1. The highest BCUT2D eigenvalue weighted by Gasteiger charge is 2.28. The van der Waals surface area contributed by atoms with Gasteiger partial charge in [-0.3, -0.25) is 4.79 Å². The third kappa shape index (κ3) is 2.27. The van der Waals surface area contributed by atoms with Gasteiger partial charge >= 0.3 is 0 Å². The molecule has 1 fully saturated rings. The molecule has 0 amide bonds. The van der Waals surface area contributed by atoms with Crippen LogP contribution in [-0.2, 0) is 9.53 Å². The summed E-state index contributed by atoms with van der Waals surface area (Å²) in [6.07, 6.45) is -0.440. The van der Waals surface area contributed by atoms with E-state index in [-0.39, 0.29) is 11.7 Å². The fourth-order valence-corrected chi connectivity index (χ4v) is 1.32. The van der Waals surface area contributed by atoms with Crippen molar-refractivity contribution in [2.45, 2.75) is 19.6 Å². The molecule has 2 atom stereocenters. The number of ketones is 1. The SMILES string of the molecule is CCOC(O)C1CNCCC1=O. The molecule has 0 spiro atoms. The zero-order valence-corrected chi connectivity index (χ0v) is 7.25. The van der Waals surface area contributed by atoms with Crippen molar-refractivity contribution in [2.75, 3.05) is 19.7 Å². The van der Waals surface area contributed by atoms with Crippen molar-refractivity contribution in [3.05, 3.63) is 0 Å². The highest BCUT2D eigenvalue weighted by Crippen LogP contribution is 2.11. The number of carbonyl (C=O) groups is 1. The number of aliphatic hydroxyl groups is 1. The summed E-state index contributed by atoms with van der Waals surface area (Å²) in [6.45, 7) is 3.48. The Balaban J connectivity index is 2.42. The molecule has 4 nitrogen and oxygen atoms in total. The van der Waals surface area contributed by atoms with E-state index in [2.05, 4.69) is 5.32 Å². The molecule has 0 saturated carbocycles. The minimum absolute atomic E-state index is 0.0923. The van der Waals surface area contributed by atoms with Gasteiger partial charge in [0.05, 0.1) is 5.92 Å². The molecule has 1 aliphatic rings. The van der Waals surface area contributed by atoms with Crippen LogP contribution >= 0.6 is 0 Å². The van der Waals surface area contributed by atoms with Gasteiger partial charge in [0.2, 0.25) is 0 Å². The topological polar surface area (TPSA) is 58.6 Å². The maximum absolute atomic E-state index is 11.2. The van der Waals surface area contributed by atoms with Crippen molar-refractivity contribution in [1.82, 2.24) is 5.32 Å². The fourth-order valence-electron chi connectivity index (χ4n) is 1.32. The molecule has 0 aliphatic carbocycles. The number of hydrogen-bond donors (Lipinski definition) is 2. The molecule has 1 heterocycles. The van der Waals surface area contributed by atoms with Crippen molar-refractivity contribution in [2.24, 2.45) is 5.92 Å². The van der Waals surface area contributed by atoms with E-state index in [4.69, 9.17) is 4.74 Å². The number of piperidine rings is 1. The number of rotatable bonds is 3. The van der Waals surface area contributed by atoms with E-state index >= 15 is 0 Å². The van der Waals surface area contributed by atoms with Crippen LogP contribution < -0.4 is 5.32 Å². The zero-order chi connectivity index (χ0) is 8.97. The molecular weight excluding hydrogens is 158 g/mol. The summed E-state index contributed by atoms with van der Waals surface area (Å²) in [6, 6.07) is 0. The van der Waals surface area contributed by atoms with Crippen molar-refractivity contribution in [1.29, 1.82) is 0 Å². The monoisotopic (exact) mass is 173 g/mol. The number of hydrogen-bond acceptors (Lipinski definition) is 4. The largest absolute Gasteiger partial charge is 0.367 e. The second kappa shape index (κ2) is 4.54. The lowest BCUT2D eigenvalue weighted by Crippen LogP contribution is -2.44. The van der Waals surface area contributed by atoms with Gasteiger partial charge in [-0.2, -0.15) is 0 Å². The molecule has 0 bridgehead atoms. The molecule has 12 heavy (non-hydrogen) atoms. The first-order valence-corrected chi connectivity index (χ1v) is 4.28. The van der Waals surface area contributed by atoms with Gasteiger partial charge in [0.1, 0.15) is 5.78 Å². The second-order valence-electron chi connectivity index (χ2n) is 2.87. The number of carbonyl (C=O) groups excluding carboxylic acids is 1. The lowest BCUT2D eigenvalue weighted by Gasteiger charge is -2.25. The van der Waals surface area contributed by atoms with Crippen LogP contribution in [0.5, 0.6) is 0 Å². The molecule has 0 aromatic carbocycles. The van der Waals surface area contributed by atoms with Crippen molar-refractivity contribution >= 4 is 5.78 Å². The second-order valence-corrected chi connectivity index (χ2v) is 2.87. The van der Waals surface area contributed by atoms with E-state index in [9.17, 15) is 9.90 Å². The van der Waals surface area contributed by atoms with Gasteiger partial charge in [-0.05, 0) is 6.92 Å². The Labute approximate surface area is 71.9 Å². The summed E-state index contributed by atoms with van der Waals surface area (Å²) in [5.41, 5.74) is 0. The predicted molar refractivity (Wildman–Crippen MR) is 43.6 cm³/mol. The third-order valence-electron chi connectivity index (χ3n) is 2.01. The van der Waals surface area contributed by atoms with Crippen LogP contribution in [-0.4, -0.2) is 36.9 Å². The third-order valence-corrected chi connectivity index (χ3v) is 2.01. The first-order chi connectivity index (χ1) is 5.75. The van der Waals surface area contributed by atoms with E-state index in [0.717, 1.165) is 0 Å². The quantitative estimate of drug-likeness (QED) is 0.566. The predicted octanol–water partition coefficient (Wildman–Crippen LogP) is -0.480. The van der Waals surface area contributed by atoms with Gasteiger partial charge in [-0.15, -0.1) is 0 Å². The van der Waals surface area contributed by atoms with Crippen molar-refractivity contribution < 1.29 is 14.6 Å². The van der Waals surface area contributed by atoms with Gasteiger partial charge in [-0.1, -0.05) is 0 Å². The van der Waals surface area contributed by atoms with Crippen molar-refractivity contribution in [3.8, 4) is 0 Å². The van der Waals surface area contributed by atoms with E-state index < -0.39 is 6.29 Å². The van der Waals surface area contributed by atoms with E-state index in [1.165, 1.54) is 0 Å². The normalized spacial score (nSPS) is 27.2. The zero-order valence-electron chi connectivity index (χ0n) is 7.25. The molecule has 1 saturated heterocycles. The van der Waals surface area contributed by atoms with Gasteiger partial charge in [0.25, 0.3) is 0 Å². The van der Waals surface area contributed by atoms with Crippen LogP contribution in [0.25, 0.3) is 0 Å². The standard InChI is InChI=1S/C8H15NO3/c1-2-12-8(11)6-5-9-4-3-7(6)10/h6,8-9,11H,2-5H2,1H3. The first kappa shape index (κ1) is 9.64. The average Bonchev–Trinajstić information content (AvgIpc) is 2.05. The van der Waals surface area contributed by atoms with E-state index in [1.807, 2.05) is 0 Å². The Morgan fingerprint density at radius 3 is 3.17 bits per heavy atom. The minimum atomic E-state index is -0.935. The Hall–Kier alpha value is -0.450. The Morgan fingerprint density at radius 1 is 1.83 bits per heavy atom. The fraction of sp³-hybridized carbons (Fsp3) is 0.875. The summed E-state index contributed by atoms with van der Waals surface area (Å²) in [7, 11) is 0. The molecule has 2 N–H and O–H groups in total. The Morgan fingerprint density at radius 2 is 2.58 bits per heavy atom. The molecule has 1 aliphatic heterocycles. The lowest BCUT2D eigenvalue weighted by atomic mass is 9.97. The smallest absolute Gasteiger partial charge is 0.165 e. The first-order valence-electron chi connectivity index (χ1n) is 4.28. The van der Waals surface area contributed by atoms with Crippen molar-refractivity contribution in [3.63, 3.8) is 0 Å². The maximum Gasteiger partial charge on any atom is 0.165 e. The van der Waals surface area contributed by atoms with E-state index in [1.54, 1.807) is 6.92 Å². The molecule has 70 valence electrons. The molecular formula is C8H15NO3. The van der Waals surface area contributed by atoms with Crippen LogP contribution in [0.3, 0.4) is 0 Å². The van der Waals surface area contributed by atoms with Crippen LogP contribution in [0.15, 0.2) is 0 Å². The van der Waals surface area contributed by atoms with Gasteiger partial charge < -0.3 is 15.2 Å². The summed E-state index contributed by atoms with van der Waals surface area (Å²) in [5, 5.41) is 12.4. The average molecular weight is 173 g/mol. The summed E-state index contributed by atoms with van der Waals surface area (Å²) < 4.78 is 4.95. The lowest BCUT2D eigenvalue weighted by molar-refractivity contribution is -0.154. The van der Waals surface area contributed by atoms with E-state index in [0.29, 0.717) is 26.1 Å². The highest BCUT2D eigenvalue weighted by molar-refractivity contribution is 5.82. The van der Waals surface area contributed by atoms with Crippen LogP contribution in [0.2, 0.25) is 0 Å². The highest BCUT2D eigenvalue weighted by atomic mass is 16.6. The molecule has 4 heteroatoms. The van der Waals surface area contributed by atoms with Crippen LogP contribution in [0.4, 0.5) is 0 Å². The molecule has 0 aromatic heterocycles. The van der Waals surface area contributed by atoms with Crippen LogP contribution in [0, 0.1) is 5.92 Å². The van der Waals surface area contributed by atoms with Gasteiger partial charge in [0, 0.05) is 26.1 Å². The molecule has 0 radical (unpaired) electrons. The number of Topliss-reactive ketones (excluding diaryl/α,β-unsaturated/α-hetero) is 1. The Bertz CT molecular complexity index is 160. The maximum atomic E-state index is 11.2. The summed E-state index contributed by atoms with van der Waals surface area (Å²) >= 11 is 0. The minimum Gasteiger partial charge on any atom is -0.367 e. The summed E-state index contributed by atoms with van der Waals surface area (Å²) in [5.74, 6) is -0.284. The van der Waals surface area contributed by atoms with Crippen LogP contribution in [0.1, 0.15) is 13.3 Å². The van der Waals surface area contributed by atoms with Gasteiger partial charge in [-0.25, -0.2) is 0 Å². The number of ether oxygens (including phenoxy) is 1. The molecule has 1 rings (SSSR count). The van der Waals surface area contributed by atoms with Gasteiger partial charge in [0.15, 0.2) is 6.29 Å². The number of nitrogens with one attached hydrogen (secondary N) is 1. The summed E-state index contributed by atoms with van der Waals surface area (Å²) in [4.78, 5) is 11.2. The Kier molecular flexibility index (Phi) is 3.65. The molecule has 0 aromatic rings. The molecule has 2 unspecified atom stereocenters.